The van der Waals surface area contributed by atoms with E-state index < -0.39 is 75.1 Å². The number of thiophene rings is 1. The van der Waals surface area contributed by atoms with Crippen molar-refractivity contribution in [1.82, 2.24) is 19.8 Å². The van der Waals surface area contributed by atoms with Crippen LogP contribution in [0.1, 0.15) is 36.8 Å². The summed E-state index contributed by atoms with van der Waals surface area (Å²) in [5.41, 5.74) is 1.56. The lowest BCUT2D eigenvalue weighted by Crippen LogP contribution is -2.43. The summed E-state index contributed by atoms with van der Waals surface area (Å²) >= 11 is 0.660. The number of nitrogens with zero attached hydrogens (tertiary/aromatic N) is 5. The lowest BCUT2D eigenvalue weighted by Gasteiger charge is -2.30. The molecule has 7 rings (SSSR count). The maximum Gasteiger partial charge on any atom is 0.417 e. The van der Waals surface area contributed by atoms with Crippen LogP contribution in [0.5, 0.6) is 11.9 Å². The number of aromatic nitrogens is 2. The normalized spacial score (nSPS) is 22.5. The predicted molar refractivity (Wildman–Crippen MR) is 169 cm³/mol. The zero-order valence-electron chi connectivity index (χ0n) is 25.7. The summed E-state index contributed by atoms with van der Waals surface area (Å²) in [4.78, 5) is 24.1. The molecule has 2 N–H and O–H groups in total. The van der Waals surface area contributed by atoms with Crippen molar-refractivity contribution in [3.05, 3.63) is 53.6 Å². The summed E-state index contributed by atoms with van der Waals surface area (Å²) < 4.78 is 102. The fourth-order valence-electron chi connectivity index (χ4n) is 7.29. The van der Waals surface area contributed by atoms with Gasteiger partial charge in [-0.2, -0.15) is 28.4 Å². The maximum absolute atomic E-state index is 16.9. The first-order valence-corrected chi connectivity index (χ1v) is 16.3. The molecular formula is C33H28F6N6O3S. The standard InChI is InChI=1S/C33H28F6N6O3S/c1-2-23(46)44-9-6-17(14-44)48-30-19-10-21(33(37,38)39)25(18-4-5-22(35)28-24(18)20(12-40)29(41)49-28)26(36)27(19)42-31(43-30)47-15-32-7-3-8-45(32)13-16(34)11-32/h2,4-5,10,16-17H,1,3,6-9,11,13-15,41H2. The summed E-state index contributed by atoms with van der Waals surface area (Å²) in [6, 6.07) is 3.87. The van der Waals surface area contributed by atoms with Crippen LogP contribution >= 0.6 is 11.3 Å². The van der Waals surface area contributed by atoms with Gasteiger partial charge in [-0.05, 0) is 43.2 Å². The molecule has 5 heterocycles. The van der Waals surface area contributed by atoms with E-state index in [0.717, 1.165) is 24.6 Å². The van der Waals surface area contributed by atoms with E-state index in [1.807, 2.05) is 4.90 Å². The minimum Gasteiger partial charge on any atom is -0.472 e. The number of nitriles is 1. The van der Waals surface area contributed by atoms with Crippen LogP contribution in [-0.4, -0.2) is 76.3 Å². The van der Waals surface area contributed by atoms with Crippen LogP contribution in [0.4, 0.5) is 31.3 Å². The molecule has 4 aromatic rings. The third-order valence-electron chi connectivity index (χ3n) is 9.52. The Morgan fingerprint density at radius 3 is 2.78 bits per heavy atom. The summed E-state index contributed by atoms with van der Waals surface area (Å²) in [7, 11) is 0. The minimum absolute atomic E-state index is 0.0587. The monoisotopic (exact) mass is 702 g/mol. The van der Waals surface area contributed by atoms with Gasteiger partial charge in [0.1, 0.15) is 41.3 Å². The van der Waals surface area contributed by atoms with Crippen LogP contribution in [0.25, 0.3) is 32.1 Å². The highest BCUT2D eigenvalue weighted by Crippen LogP contribution is 2.48. The number of nitrogen functional groups attached to an aromatic ring is 1. The number of fused-ring (bicyclic) bond motifs is 3. The van der Waals surface area contributed by atoms with Crippen LogP contribution in [0, 0.1) is 23.0 Å². The fourth-order valence-corrected chi connectivity index (χ4v) is 8.24. The quantitative estimate of drug-likeness (QED) is 0.174. The van der Waals surface area contributed by atoms with Crippen LogP contribution in [-0.2, 0) is 11.0 Å². The number of hydrogen-bond acceptors (Lipinski definition) is 9. The molecule has 3 aliphatic heterocycles. The summed E-state index contributed by atoms with van der Waals surface area (Å²) in [6.07, 6.45) is -3.85. The number of ether oxygens (including phenoxy) is 2. The van der Waals surface area contributed by atoms with Gasteiger partial charge < -0.3 is 20.1 Å². The number of benzene rings is 2. The molecule has 16 heteroatoms. The van der Waals surface area contributed by atoms with Gasteiger partial charge in [-0.25, -0.2) is 13.2 Å². The highest BCUT2D eigenvalue weighted by atomic mass is 32.1. The second kappa shape index (κ2) is 12.1. The SMILES string of the molecule is C=CC(=O)N1CCC(Oc2nc(OCC34CCCN3CC(F)C4)nc3c(F)c(-c4ccc(F)c5sc(N)c(C#N)c45)c(C(F)(F)F)cc23)C1. The molecule has 9 nitrogen and oxygen atoms in total. The number of halogens is 6. The van der Waals surface area contributed by atoms with Crippen LogP contribution in [0.15, 0.2) is 30.9 Å². The van der Waals surface area contributed by atoms with Crippen LogP contribution in [0.2, 0.25) is 0 Å². The number of nitrogens with two attached hydrogens (primary N) is 1. The Balaban J connectivity index is 1.41. The van der Waals surface area contributed by atoms with Crippen molar-refractivity contribution < 1.29 is 40.6 Å². The molecule has 256 valence electrons. The number of rotatable bonds is 7. The average Bonchev–Trinajstić information content (AvgIpc) is 3.82. The third kappa shape index (κ3) is 5.58. The lowest BCUT2D eigenvalue weighted by molar-refractivity contribution is -0.137. The largest absolute Gasteiger partial charge is 0.472 e. The van der Waals surface area contributed by atoms with E-state index in [0.29, 0.717) is 36.8 Å². The Kier molecular flexibility index (Phi) is 8.10. The Bertz CT molecular complexity index is 2070. The van der Waals surface area contributed by atoms with Gasteiger partial charge in [-0.3, -0.25) is 9.69 Å². The van der Waals surface area contributed by atoms with E-state index >= 15 is 4.39 Å². The molecule has 0 saturated carbocycles. The smallest absolute Gasteiger partial charge is 0.417 e. The molecule has 49 heavy (non-hydrogen) atoms. The Hall–Kier alpha value is -4.62. The summed E-state index contributed by atoms with van der Waals surface area (Å²) in [5, 5.41) is 8.93. The van der Waals surface area contributed by atoms with Gasteiger partial charge >= 0.3 is 12.2 Å². The van der Waals surface area contributed by atoms with Crippen molar-refractivity contribution in [2.24, 2.45) is 0 Å². The van der Waals surface area contributed by atoms with Gasteiger partial charge in [0.2, 0.25) is 11.8 Å². The maximum atomic E-state index is 16.9. The third-order valence-corrected chi connectivity index (χ3v) is 10.5. The number of amides is 1. The van der Waals surface area contributed by atoms with E-state index in [-0.39, 0.29) is 59.2 Å². The molecular weight excluding hydrogens is 674 g/mol. The van der Waals surface area contributed by atoms with Crippen molar-refractivity contribution in [3.8, 4) is 29.1 Å². The van der Waals surface area contributed by atoms with Gasteiger partial charge in [0.05, 0.1) is 33.3 Å². The number of carbonyl (C=O) groups excluding carboxylic acids is 1. The molecule has 3 unspecified atom stereocenters. The van der Waals surface area contributed by atoms with Gasteiger partial charge in [-0.15, -0.1) is 11.3 Å². The Morgan fingerprint density at radius 1 is 1.24 bits per heavy atom. The van der Waals surface area contributed by atoms with E-state index in [2.05, 4.69) is 16.5 Å². The van der Waals surface area contributed by atoms with Gasteiger partial charge in [0, 0.05) is 36.9 Å². The highest BCUT2D eigenvalue weighted by molar-refractivity contribution is 7.23. The number of likely N-dealkylation sites (tertiary alicyclic amines) is 1. The molecule has 2 aromatic carbocycles. The number of alkyl halides is 4. The second-order valence-corrected chi connectivity index (χ2v) is 13.5. The predicted octanol–water partition coefficient (Wildman–Crippen LogP) is 6.38. The highest BCUT2D eigenvalue weighted by Gasteiger charge is 2.49. The van der Waals surface area contributed by atoms with Gasteiger partial charge in [0.25, 0.3) is 0 Å². The van der Waals surface area contributed by atoms with Crippen LogP contribution < -0.4 is 15.2 Å². The molecule has 0 spiro atoms. The number of anilines is 1. The van der Waals surface area contributed by atoms with Gasteiger partial charge in [0.15, 0.2) is 5.82 Å². The molecule has 3 saturated heterocycles. The topological polar surface area (TPSA) is 118 Å². The molecule has 3 fully saturated rings. The molecule has 1 amide bonds. The van der Waals surface area contributed by atoms with Crippen molar-refractivity contribution in [2.75, 3.05) is 38.5 Å². The first kappa shape index (κ1) is 32.9. The van der Waals surface area contributed by atoms with Crippen molar-refractivity contribution >= 4 is 43.2 Å². The molecule has 0 aliphatic carbocycles. The molecule has 0 bridgehead atoms. The number of hydrogen-bond donors (Lipinski definition) is 1. The first-order chi connectivity index (χ1) is 23.3. The molecule has 0 radical (unpaired) electrons. The Morgan fingerprint density at radius 2 is 2.04 bits per heavy atom. The van der Waals surface area contributed by atoms with Gasteiger partial charge in [-0.1, -0.05) is 12.6 Å². The van der Waals surface area contributed by atoms with Crippen molar-refractivity contribution in [2.45, 2.75) is 49.7 Å². The summed E-state index contributed by atoms with van der Waals surface area (Å²) in [6.45, 7) is 4.66. The van der Waals surface area contributed by atoms with E-state index in [1.165, 1.54) is 4.90 Å². The lowest BCUT2D eigenvalue weighted by atomic mass is 9.92. The van der Waals surface area contributed by atoms with Crippen LogP contribution in [0.3, 0.4) is 0 Å². The first-order valence-electron chi connectivity index (χ1n) is 15.5. The minimum atomic E-state index is -5.15. The fraction of sp³-hybridized carbons (Fsp3) is 0.394. The summed E-state index contributed by atoms with van der Waals surface area (Å²) in [5.74, 6) is -3.06. The molecule has 2 aromatic heterocycles. The van der Waals surface area contributed by atoms with Crippen molar-refractivity contribution in [3.63, 3.8) is 0 Å². The van der Waals surface area contributed by atoms with E-state index in [4.69, 9.17) is 15.2 Å². The molecule has 3 aliphatic rings. The molecule has 3 atom stereocenters. The number of carbonyl (C=O) groups is 1. The Labute approximate surface area is 279 Å². The van der Waals surface area contributed by atoms with Crippen molar-refractivity contribution in [1.29, 1.82) is 5.26 Å². The second-order valence-electron chi connectivity index (χ2n) is 12.5. The zero-order chi connectivity index (χ0) is 34.8. The zero-order valence-corrected chi connectivity index (χ0v) is 26.6. The van der Waals surface area contributed by atoms with E-state index in [1.54, 1.807) is 6.07 Å². The average molecular weight is 703 g/mol. The van der Waals surface area contributed by atoms with E-state index in [9.17, 15) is 32.0 Å².